The Morgan fingerprint density at radius 3 is 2.64 bits per heavy atom. The van der Waals surface area contributed by atoms with Crippen molar-refractivity contribution in [1.82, 2.24) is 0 Å². The molecule has 1 saturated heterocycles. The monoisotopic (exact) mass is 208 g/mol. The van der Waals surface area contributed by atoms with Gasteiger partial charge < -0.3 is 14.6 Å². The van der Waals surface area contributed by atoms with Gasteiger partial charge in [-0.1, -0.05) is 6.82 Å². The second kappa shape index (κ2) is 4.55. The molecule has 6 heteroatoms. The third kappa shape index (κ3) is 1.92. The molecule has 0 unspecified atom stereocenters. The van der Waals surface area contributed by atoms with E-state index in [0.29, 0.717) is 0 Å². The van der Waals surface area contributed by atoms with Crippen LogP contribution in [0.5, 0.6) is 0 Å². The summed E-state index contributed by atoms with van der Waals surface area (Å²) in [4.78, 5) is 0. The molecule has 1 heterocycles. The molecule has 1 fully saturated rings. The Morgan fingerprint density at radius 2 is 2.21 bits per heavy atom. The van der Waals surface area contributed by atoms with Crippen molar-refractivity contribution < 1.29 is 23.4 Å². The summed E-state index contributed by atoms with van der Waals surface area (Å²) in [6.45, 7) is 1.48. The minimum Gasteiger partial charge on any atom is -0.396 e. The van der Waals surface area contributed by atoms with Crippen molar-refractivity contribution in [2.45, 2.75) is 37.4 Å². The fourth-order valence-corrected chi connectivity index (χ4v) is 1.83. The van der Waals surface area contributed by atoms with Crippen LogP contribution in [0.3, 0.4) is 0 Å². The Hall–Kier alpha value is -0.195. The lowest BCUT2D eigenvalue weighted by molar-refractivity contribution is -0.107. The number of hydrogen-bond acceptors (Lipinski definition) is 3. The fourth-order valence-electron chi connectivity index (χ4n) is 1.83. The van der Waals surface area contributed by atoms with Crippen LogP contribution in [-0.2, 0) is 9.47 Å². The molecule has 0 radical (unpaired) electrons. The van der Waals surface area contributed by atoms with E-state index in [1.165, 1.54) is 7.11 Å². The summed E-state index contributed by atoms with van der Waals surface area (Å²) in [5, 5.41) is 8.69. The van der Waals surface area contributed by atoms with Crippen LogP contribution in [0.2, 0.25) is 6.82 Å². The molecule has 1 rings (SSSR count). The van der Waals surface area contributed by atoms with E-state index < -0.39 is 24.1 Å². The van der Waals surface area contributed by atoms with Crippen LogP contribution in [-0.4, -0.2) is 50.2 Å². The molecule has 0 aliphatic carbocycles. The second-order valence-corrected chi connectivity index (χ2v) is 3.41. The molecule has 82 valence electrons. The first-order valence-electron chi connectivity index (χ1n) is 4.74. The fraction of sp³-hybridized carbons (Fsp3) is 1.00. The van der Waals surface area contributed by atoms with Gasteiger partial charge in [0.1, 0.15) is 6.10 Å². The highest BCUT2D eigenvalue weighted by molar-refractivity contribution is 6.35. The number of hydrogen-bond donors (Lipinski definition) is 1. The van der Waals surface area contributed by atoms with Gasteiger partial charge in [0, 0.05) is 13.7 Å². The Kier molecular flexibility index (Phi) is 3.86. The molecule has 0 aromatic rings. The zero-order valence-corrected chi connectivity index (χ0v) is 8.37. The number of aliphatic hydroxyl groups is 1. The van der Waals surface area contributed by atoms with Gasteiger partial charge in [-0.25, -0.2) is 8.78 Å². The van der Waals surface area contributed by atoms with Crippen molar-refractivity contribution in [1.29, 1.82) is 0 Å². The second-order valence-electron chi connectivity index (χ2n) is 3.41. The third-order valence-electron chi connectivity index (χ3n) is 2.52. The van der Waals surface area contributed by atoms with Crippen LogP contribution < -0.4 is 0 Å². The maximum absolute atomic E-state index is 13.5. The average Bonchev–Trinajstić information content (AvgIpc) is 2.37. The molecule has 0 amide bonds. The largest absolute Gasteiger partial charge is 0.396 e. The summed E-state index contributed by atoms with van der Waals surface area (Å²) in [5.74, 6) is -2.96. The Labute approximate surface area is 82.6 Å². The molecule has 0 aromatic heterocycles. The van der Waals surface area contributed by atoms with E-state index in [4.69, 9.17) is 14.6 Å². The van der Waals surface area contributed by atoms with E-state index in [1.807, 2.05) is 0 Å². The maximum atomic E-state index is 13.5. The van der Waals surface area contributed by atoms with Gasteiger partial charge in [-0.3, -0.25) is 0 Å². The number of aliphatic hydroxyl groups excluding tert-OH is 1. The molecular formula is C8H15BF2O3. The lowest BCUT2D eigenvalue weighted by atomic mass is 9.71. The molecule has 0 bridgehead atoms. The molecule has 1 aliphatic rings. The van der Waals surface area contributed by atoms with Crippen molar-refractivity contribution >= 4 is 7.28 Å². The minimum atomic E-state index is -2.96. The molecular weight excluding hydrogens is 193 g/mol. The van der Waals surface area contributed by atoms with Gasteiger partial charge >= 0.3 is 0 Å². The Bertz CT molecular complexity index is 191. The molecule has 1 aliphatic heterocycles. The van der Waals surface area contributed by atoms with E-state index >= 15 is 0 Å². The number of alkyl halides is 2. The predicted molar refractivity (Wildman–Crippen MR) is 49.1 cm³/mol. The highest BCUT2D eigenvalue weighted by Gasteiger charge is 2.57. The first-order valence-corrected chi connectivity index (χ1v) is 4.74. The molecule has 1 N–H and O–H groups in total. The lowest BCUT2D eigenvalue weighted by Gasteiger charge is -2.21. The van der Waals surface area contributed by atoms with Crippen LogP contribution in [0.15, 0.2) is 0 Å². The summed E-state index contributed by atoms with van der Waals surface area (Å²) in [7, 11) is 1.49. The van der Waals surface area contributed by atoms with Crippen molar-refractivity contribution in [3.8, 4) is 0 Å². The van der Waals surface area contributed by atoms with Crippen molar-refractivity contribution in [3.63, 3.8) is 0 Å². The van der Waals surface area contributed by atoms with Crippen molar-refractivity contribution in [2.75, 3.05) is 13.7 Å². The van der Waals surface area contributed by atoms with Gasteiger partial charge in [-0.05, 0) is 6.42 Å². The first-order chi connectivity index (χ1) is 6.57. The molecule has 14 heavy (non-hydrogen) atoms. The standard InChI is InChI=1S/C8H15BF2O3/c1-9-7-8(10,11)6(13-2)5(14-7)3-4-12/h5-7,9,12H,3-4H2,1-2H3/t5-,6+,7-/m1/s1. The summed E-state index contributed by atoms with van der Waals surface area (Å²) in [6.07, 6.45) is -1.76. The lowest BCUT2D eigenvalue weighted by Crippen LogP contribution is -2.43. The number of halogens is 2. The van der Waals surface area contributed by atoms with E-state index in [2.05, 4.69) is 0 Å². The van der Waals surface area contributed by atoms with Gasteiger partial charge in [-0.2, -0.15) is 0 Å². The quantitative estimate of drug-likeness (QED) is 0.672. The number of ether oxygens (including phenoxy) is 2. The molecule has 3 nitrogen and oxygen atoms in total. The topological polar surface area (TPSA) is 38.7 Å². The van der Waals surface area contributed by atoms with E-state index in [-0.39, 0.29) is 20.3 Å². The summed E-state index contributed by atoms with van der Waals surface area (Å²) in [6, 6.07) is -1.09. The smallest absolute Gasteiger partial charge is 0.294 e. The van der Waals surface area contributed by atoms with Crippen LogP contribution >= 0.6 is 0 Å². The van der Waals surface area contributed by atoms with Crippen LogP contribution in [0.25, 0.3) is 0 Å². The average molecular weight is 208 g/mol. The molecule has 3 atom stereocenters. The normalized spacial score (nSPS) is 35.9. The zero-order valence-electron chi connectivity index (χ0n) is 8.37. The number of methoxy groups -OCH3 is 1. The zero-order chi connectivity index (χ0) is 10.8. The Morgan fingerprint density at radius 1 is 1.57 bits per heavy atom. The highest BCUT2D eigenvalue weighted by Crippen LogP contribution is 2.38. The van der Waals surface area contributed by atoms with E-state index in [9.17, 15) is 8.78 Å². The van der Waals surface area contributed by atoms with Crippen LogP contribution in [0.4, 0.5) is 8.78 Å². The predicted octanol–water partition coefficient (Wildman–Crippen LogP) is 0.229. The van der Waals surface area contributed by atoms with E-state index in [0.717, 1.165) is 0 Å². The highest BCUT2D eigenvalue weighted by atomic mass is 19.3. The van der Waals surface area contributed by atoms with E-state index in [1.54, 1.807) is 6.82 Å². The van der Waals surface area contributed by atoms with Gasteiger partial charge in [0.2, 0.25) is 0 Å². The van der Waals surface area contributed by atoms with Crippen molar-refractivity contribution in [2.24, 2.45) is 0 Å². The van der Waals surface area contributed by atoms with Crippen molar-refractivity contribution in [3.05, 3.63) is 0 Å². The summed E-state index contributed by atoms with van der Waals surface area (Å²) >= 11 is 0. The summed E-state index contributed by atoms with van der Waals surface area (Å²) in [5.41, 5.74) is 0. The molecule has 0 aromatic carbocycles. The first kappa shape index (κ1) is 11.9. The van der Waals surface area contributed by atoms with Gasteiger partial charge in [0.25, 0.3) is 5.92 Å². The molecule has 0 spiro atoms. The SMILES string of the molecule is CB[C@@H]1O[C@H](CCO)[C@H](OC)C1(F)F. The number of rotatable bonds is 4. The Balaban J connectivity index is 2.74. The van der Waals surface area contributed by atoms with Crippen LogP contribution in [0, 0.1) is 0 Å². The van der Waals surface area contributed by atoms with Crippen LogP contribution in [0.1, 0.15) is 6.42 Å². The third-order valence-corrected chi connectivity index (χ3v) is 2.52. The maximum Gasteiger partial charge on any atom is 0.294 e. The van der Waals surface area contributed by atoms with Gasteiger partial charge in [0.15, 0.2) is 7.28 Å². The minimum absolute atomic E-state index is 0.170. The van der Waals surface area contributed by atoms with Gasteiger partial charge in [-0.15, -0.1) is 0 Å². The summed E-state index contributed by atoms with van der Waals surface area (Å²) < 4.78 is 36.9. The molecule has 0 saturated carbocycles. The van der Waals surface area contributed by atoms with Gasteiger partial charge in [0.05, 0.1) is 12.1 Å².